The van der Waals surface area contributed by atoms with Crippen LogP contribution >= 0.6 is 0 Å². The summed E-state index contributed by atoms with van der Waals surface area (Å²) < 4.78 is 0. The molecule has 198 valence electrons. The van der Waals surface area contributed by atoms with E-state index in [2.05, 4.69) is 6.92 Å². The highest BCUT2D eigenvalue weighted by Gasteiger charge is 2.04. The van der Waals surface area contributed by atoms with E-state index in [4.69, 9.17) is 5.11 Å². The lowest BCUT2D eigenvalue weighted by molar-refractivity contribution is -0.137. The Morgan fingerprint density at radius 1 is 0.485 bits per heavy atom. The minimum atomic E-state index is -0.661. The Bertz CT molecular complexity index is 383. The van der Waals surface area contributed by atoms with Crippen LogP contribution in [0.3, 0.4) is 0 Å². The number of carboxylic acid groups (broad SMARTS) is 1. The standard InChI is InChI=1S/C30H60O3/c1-2-3-4-5-6-7-11-14-17-20-23-26-29(31)27-24-21-18-15-12-9-8-10-13-16-19-22-25-28-30(32)33/h29,31H,2-28H2,1H3,(H,32,33). The van der Waals surface area contributed by atoms with Gasteiger partial charge in [-0.15, -0.1) is 0 Å². The smallest absolute Gasteiger partial charge is 0.303 e. The number of unbranched alkanes of at least 4 members (excludes halogenated alkanes) is 22. The van der Waals surface area contributed by atoms with Crippen LogP contribution in [0.2, 0.25) is 0 Å². The van der Waals surface area contributed by atoms with Gasteiger partial charge in [0.25, 0.3) is 0 Å². The van der Waals surface area contributed by atoms with Crippen molar-refractivity contribution in [2.75, 3.05) is 0 Å². The van der Waals surface area contributed by atoms with E-state index in [0.717, 1.165) is 25.7 Å². The first-order valence-corrected chi connectivity index (χ1v) is 15.1. The summed E-state index contributed by atoms with van der Waals surface area (Å²) in [6.45, 7) is 2.28. The third-order valence-corrected chi connectivity index (χ3v) is 7.07. The second kappa shape index (κ2) is 27.7. The number of carbonyl (C=O) groups is 1. The zero-order valence-electron chi connectivity index (χ0n) is 22.5. The highest BCUT2D eigenvalue weighted by Crippen LogP contribution is 2.16. The van der Waals surface area contributed by atoms with E-state index in [9.17, 15) is 9.90 Å². The fourth-order valence-electron chi connectivity index (χ4n) is 4.79. The van der Waals surface area contributed by atoms with Gasteiger partial charge < -0.3 is 10.2 Å². The van der Waals surface area contributed by atoms with Gasteiger partial charge in [-0.05, 0) is 19.3 Å². The molecule has 0 aromatic carbocycles. The number of rotatable bonds is 28. The number of carboxylic acids is 1. The number of hydrogen-bond acceptors (Lipinski definition) is 2. The molecule has 3 nitrogen and oxygen atoms in total. The zero-order valence-corrected chi connectivity index (χ0v) is 22.5. The summed E-state index contributed by atoms with van der Waals surface area (Å²) in [7, 11) is 0. The summed E-state index contributed by atoms with van der Waals surface area (Å²) in [4.78, 5) is 10.4. The molecule has 0 amide bonds. The summed E-state index contributed by atoms with van der Waals surface area (Å²) in [5, 5.41) is 18.8. The minimum Gasteiger partial charge on any atom is -0.481 e. The van der Waals surface area contributed by atoms with E-state index in [1.807, 2.05) is 0 Å². The molecule has 0 heterocycles. The molecule has 1 atom stereocenters. The third-order valence-electron chi connectivity index (χ3n) is 7.07. The van der Waals surface area contributed by atoms with E-state index in [0.29, 0.717) is 6.42 Å². The Balaban J connectivity index is 3.14. The fourth-order valence-corrected chi connectivity index (χ4v) is 4.79. The van der Waals surface area contributed by atoms with Gasteiger partial charge in [-0.2, -0.15) is 0 Å². The predicted octanol–water partition coefficient (Wildman–Crippen LogP) is 9.98. The van der Waals surface area contributed by atoms with Gasteiger partial charge in [-0.1, -0.05) is 155 Å². The highest BCUT2D eigenvalue weighted by atomic mass is 16.4. The molecule has 0 saturated carbocycles. The topological polar surface area (TPSA) is 57.5 Å². The number of aliphatic hydroxyl groups is 1. The molecule has 0 saturated heterocycles. The van der Waals surface area contributed by atoms with Crippen molar-refractivity contribution in [1.29, 1.82) is 0 Å². The van der Waals surface area contributed by atoms with Gasteiger partial charge in [0.2, 0.25) is 0 Å². The summed E-state index contributed by atoms with van der Waals surface area (Å²) in [5.41, 5.74) is 0. The molecule has 0 aromatic heterocycles. The molecule has 1 unspecified atom stereocenters. The van der Waals surface area contributed by atoms with Crippen LogP contribution < -0.4 is 0 Å². The molecule has 0 bridgehead atoms. The molecule has 0 fully saturated rings. The Labute approximate surface area is 207 Å². The Morgan fingerprint density at radius 3 is 1.06 bits per heavy atom. The van der Waals surface area contributed by atoms with Crippen LogP contribution in [-0.2, 0) is 4.79 Å². The van der Waals surface area contributed by atoms with E-state index in [1.54, 1.807) is 0 Å². The molecule has 0 radical (unpaired) electrons. The van der Waals surface area contributed by atoms with E-state index < -0.39 is 5.97 Å². The van der Waals surface area contributed by atoms with Crippen molar-refractivity contribution in [1.82, 2.24) is 0 Å². The van der Waals surface area contributed by atoms with Crippen LogP contribution in [0.25, 0.3) is 0 Å². The monoisotopic (exact) mass is 468 g/mol. The van der Waals surface area contributed by atoms with Crippen LogP contribution in [-0.4, -0.2) is 22.3 Å². The van der Waals surface area contributed by atoms with Crippen molar-refractivity contribution >= 4 is 5.97 Å². The van der Waals surface area contributed by atoms with Crippen LogP contribution in [0.4, 0.5) is 0 Å². The van der Waals surface area contributed by atoms with Crippen molar-refractivity contribution in [3.8, 4) is 0 Å². The third kappa shape index (κ3) is 29.4. The van der Waals surface area contributed by atoms with E-state index in [-0.39, 0.29) is 6.10 Å². The van der Waals surface area contributed by atoms with Crippen LogP contribution in [0, 0.1) is 0 Å². The van der Waals surface area contributed by atoms with E-state index in [1.165, 1.54) is 141 Å². The summed E-state index contributed by atoms with van der Waals surface area (Å²) in [6, 6.07) is 0. The molecular formula is C30H60O3. The van der Waals surface area contributed by atoms with Crippen molar-refractivity contribution in [2.24, 2.45) is 0 Å². The Hall–Kier alpha value is -0.570. The van der Waals surface area contributed by atoms with E-state index >= 15 is 0 Å². The summed E-state index contributed by atoms with van der Waals surface area (Å²) >= 11 is 0. The second-order valence-electron chi connectivity index (χ2n) is 10.5. The van der Waals surface area contributed by atoms with Crippen molar-refractivity contribution in [3.63, 3.8) is 0 Å². The molecule has 0 rings (SSSR count). The first kappa shape index (κ1) is 32.4. The maximum absolute atomic E-state index is 10.4. The van der Waals surface area contributed by atoms with Gasteiger partial charge in [-0.25, -0.2) is 0 Å². The fraction of sp³-hybridized carbons (Fsp3) is 0.967. The van der Waals surface area contributed by atoms with Gasteiger partial charge in [0.1, 0.15) is 0 Å². The molecule has 33 heavy (non-hydrogen) atoms. The van der Waals surface area contributed by atoms with Gasteiger partial charge in [0.05, 0.1) is 6.10 Å². The molecular weight excluding hydrogens is 408 g/mol. The highest BCUT2D eigenvalue weighted by molar-refractivity contribution is 5.66. The largest absolute Gasteiger partial charge is 0.481 e. The van der Waals surface area contributed by atoms with Gasteiger partial charge in [0.15, 0.2) is 0 Å². The minimum absolute atomic E-state index is 0.0623. The van der Waals surface area contributed by atoms with Crippen molar-refractivity contribution in [3.05, 3.63) is 0 Å². The lowest BCUT2D eigenvalue weighted by Gasteiger charge is -2.10. The van der Waals surface area contributed by atoms with Gasteiger partial charge in [0, 0.05) is 6.42 Å². The molecule has 0 aliphatic rings. The quantitative estimate of drug-likeness (QED) is 0.112. The molecule has 0 aromatic rings. The average molecular weight is 469 g/mol. The van der Waals surface area contributed by atoms with Crippen LogP contribution in [0.1, 0.15) is 180 Å². The Kier molecular flexibility index (Phi) is 27.2. The normalized spacial score (nSPS) is 12.3. The zero-order chi connectivity index (χ0) is 24.2. The van der Waals surface area contributed by atoms with Crippen LogP contribution in [0.15, 0.2) is 0 Å². The predicted molar refractivity (Wildman–Crippen MR) is 144 cm³/mol. The molecule has 2 N–H and O–H groups in total. The maximum atomic E-state index is 10.4. The lowest BCUT2D eigenvalue weighted by Crippen LogP contribution is -2.05. The SMILES string of the molecule is CCCCCCCCCCCCCC(O)CCCCCCCCCCCCCCCC(=O)O. The first-order chi connectivity index (χ1) is 16.2. The number of aliphatic carboxylic acids is 1. The Morgan fingerprint density at radius 2 is 0.758 bits per heavy atom. The summed E-state index contributed by atoms with van der Waals surface area (Å²) in [5.74, 6) is -0.661. The molecule has 0 aliphatic heterocycles. The maximum Gasteiger partial charge on any atom is 0.303 e. The molecule has 0 aliphatic carbocycles. The second-order valence-corrected chi connectivity index (χ2v) is 10.5. The number of aliphatic hydroxyl groups excluding tert-OH is 1. The lowest BCUT2D eigenvalue weighted by atomic mass is 10.0. The van der Waals surface area contributed by atoms with Crippen molar-refractivity contribution in [2.45, 2.75) is 186 Å². The average Bonchev–Trinajstić information content (AvgIpc) is 2.79. The number of hydrogen-bond donors (Lipinski definition) is 2. The molecule has 0 spiro atoms. The van der Waals surface area contributed by atoms with Crippen molar-refractivity contribution < 1.29 is 15.0 Å². The molecule has 3 heteroatoms. The van der Waals surface area contributed by atoms with Crippen LogP contribution in [0.5, 0.6) is 0 Å². The summed E-state index contributed by atoms with van der Waals surface area (Å²) in [6.07, 6.45) is 33.6. The van der Waals surface area contributed by atoms with Gasteiger partial charge >= 0.3 is 5.97 Å². The first-order valence-electron chi connectivity index (χ1n) is 15.1. The van der Waals surface area contributed by atoms with Gasteiger partial charge in [-0.3, -0.25) is 4.79 Å².